The van der Waals surface area contributed by atoms with Gasteiger partial charge in [0.1, 0.15) is 4.90 Å². The average Bonchev–Trinajstić information content (AvgIpc) is 2.40. The number of nitrogens with one attached hydrogen (secondary N) is 1. The summed E-state index contributed by atoms with van der Waals surface area (Å²) in [5.74, 6) is -5.14. The lowest BCUT2D eigenvalue weighted by molar-refractivity contribution is 0.254. The Hall–Kier alpha value is -1.12. The SMILES string of the molecule is CCC(CCO)CNS(=O)(=O)c1ccc(F)c(F)c1F. The van der Waals surface area contributed by atoms with Crippen molar-refractivity contribution in [2.75, 3.05) is 13.2 Å². The van der Waals surface area contributed by atoms with Crippen LogP contribution < -0.4 is 4.72 Å². The third kappa shape index (κ3) is 3.94. The molecule has 0 aromatic heterocycles. The van der Waals surface area contributed by atoms with Crippen LogP contribution in [0.25, 0.3) is 0 Å². The zero-order valence-electron chi connectivity index (χ0n) is 10.9. The van der Waals surface area contributed by atoms with Crippen LogP contribution in [0.1, 0.15) is 19.8 Å². The number of halogens is 3. The Kier molecular flexibility index (Phi) is 5.97. The lowest BCUT2D eigenvalue weighted by Gasteiger charge is -2.15. The number of aliphatic hydroxyl groups excluding tert-OH is 1. The van der Waals surface area contributed by atoms with E-state index in [0.717, 1.165) is 0 Å². The molecule has 1 atom stereocenters. The molecule has 20 heavy (non-hydrogen) atoms. The molecule has 0 amide bonds. The van der Waals surface area contributed by atoms with Crippen molar-refractivity contribution in [1.29, 1.82) is 0 Å². The van der Waals surface area contributed by atoms with Crippen molar-refractivity contribution in [2.24, 2.45) is 5.92 Å². The van der Waals surface area contributed by atoms with Crippen LogP contribution in [-0.4, -0.2) is 26.7 Å². The quantitative estimate of drug-likeness (QED) is 0.755. The van der Waals surface area contributed by atoms with Crippen molar-refractivity contribution in [3.8, 4) is 0 Å². The predicted octanol–water partition coefficient (Wildman–Crippen LogP) is 1.79. The number of benzene rings is 1. The lowest BCUT2D eigenvalue weighted by Crippen LogP contribution is -2.30. The summed E-state index contributed by atoms with van der Waals surface area (Å²) >= 11 is 0. The highest BCUT2D eigenvalue weighted by Crippen LogP contribution is 2.19. The molecule has 114 valence electrons. The maximum absolute atomic E-state index is 13.4. The van der Waals surface area contributed by atoms with E-state index < -0.39 is 32.4 Å². The third-order valence-electron chi connectivity index (χ3n) is 2.97. The van der Waals surface area contributed by atoms with Gasteiger partial charge in [-0.15, -0.1) is 0 Å². The second-order valence-electron chi connectivity index (χ2n) is 4.31. The van der Waals surface area contributed by atoms with E-state index in [4.69, 9.17) is 5.11 Å². The van der Waals surface area contributed by atoms with Gasteiger partial charge in [-0.05, 0) is 24.5 Å². The molecule has 0 aliphatic carbocycles. The Morgan fingerprint density at radius 1 is 1.25 bits per heavy atom. The van der Waals surface area contributed by atoms with Crippen LogP contribution in [0.4, 0.5) is 13.2 Å². The minimum Gasteiger partial charge on any atom is -0.396 e. The van der Waals surface area contributed by atoms with Crippen LogP contribution in [0.5, 0.6) is 0 Å². The summed E-state index contributed by atoms with van der Waals surface area (Å²) in [4.78, 5) is -0.935. The second-order valence-corrected chi connectivity index (χ2v) is 6.05. The maximum atomic E-state index is 13.4. The fourth-order valence-corrected chi connectivity index (χ4v) is 2.84. The summed E-state index contributed by atoms with van der Waals surface area (Å²) in [6.45, 7) is 1.70. The molecule has 0 saturated heterocycles. The Bertz CT molecular complexity index is 563. The first-order chi connectivity index (χ1) is 9.33. The molecule has 1 aromatic rings. The van der Waals surface area contributed by atoms with E-state index in [2.05, 4.69) is 4.72 Å². The molecular weight excluding hydrogens is 295 g/mol. The number of rotatable bonds is 7. The van der Waals surface area contributed by atoms with Gasteiger partial charge in [0.25, 0.3) is 0 Å². The van der Waals surface area contributed by atoms with E-state index in [1.54, 1.807) is 0 Å². The molecule has 8 heteroatoms. The summed E-state index contributed by atoms with van der Waals surface area (Å²) in [5.41, 5.74) is 0. The summed E-state index contributed by atoms with van der Waals surface area (Å²) in [6.07, 6.45) is 1.00. The minimum atomic E-state index is -4.27. The number of hydrogen-bond donors (Lipinski definition) is 2. The highest BCUT2D eigenvalue weighted by Gasteiger charge is 2.24. The Labute approximate surface area is 115 Å². The topological polar surface area (TPSA) is 66.4 Å². The van der Waals surface area contributed by atoms with Crippen LogP contribution in [0.2, 0.25) is 0 Å². The Balaban J connectivity index is 2.92. The zero-order valence-corrected chi connectivity index (χ0v) is 11.7. The minimum absolute atomic E-state index is 0.0160. The molecule has 0 aliphatic rings. The van der Waals surface area contributed by atoms with Crippen molar-refractivity contribution in [3.63, 3.8) is 0 Å². The van der Waals surface area contributed by atoms with E-state index in [-0.39, 0.29) is 19.1 Å². The van der Waals surface area contributed by atoms with Crippen LogP contribution in [0, 0.1) is 23.4 Å². The molecule has 0 saturated carbocycles. The van der Waals surface area contributed by atoms with Gasteiger partial charge in [-0.25, -0.2) is 26.3 Å². The van der Waals surface area contributed by atoms with Gasteiger partial charge in [0, 0.05) is 13.2 Å². The molecule has 4 nitrogen and oxygen atoms in total. The largest absolute Gasteiger partial charge is 0.396 e. The van der Waals surface area contributed by atoms with Gasteiger partial charge < -0.3 is 5.11 Å². The molecule has 0 spiro atoms. The summed E-state index contributed by atoms with van der Waals surface area (Å²) < 4.78 is 65.0. The highest BCUT2D eigenvalue weighted by atomic mass is 32.2. The molecular formula is C12H16F3NO3S. The second kappa shape index (κ2) is 7.05. The molecule has 2 N–H and O–H groups in total. The van der Waals surface area contributed by atoms with Crippen LogP contribution in [0.15, 0.2) is 17.0 Å². The first-order valence-corrected chi connectivity index (χ1v) is 7.55. The van der Waals surface area contributed by atoms with Gasteiger partial charge in [0.05, 0.1) is 0 Å². The van der Waals surface area contributed by atoms with Gasteiger partial charge in [-0.3, -0.25) is 0 Å². The predicted molar refractivity (Wildman–Crippen MR) is 67.0 cm³/mol. The number of sulfonamides is 1. The van der Waals surface area contributed by atoms with Gasteiger partial charge >= 0.3 is 0 Å². The monoisotopic (exact) mass is 311 g/mol. The zero-order chi connectivity index (χ0) is 15.3. The smallest absolute Gasteiger partial charge is 0.243 e. The normalized spacial score (nSPS) is 13.4. The molecule has 0 radical (unpaired) electrons. The first kappa shape index (κ1) is 16.9. The van der Waals surface area contributed by atoms with Gasteiger partial charge in [-0.2, -0.15) is 0 Å². The standard InChI is InChI=1S/C12H16F3NO3S/c1-2-8(5-6-17)7-16-20(18,19)10-4-3-9(13)11(14)12(10)15/h3-4,8,16-17H,2,5-7H2,1H3. The van der Waals surface area contributed by atoms with E-state index in [0.29, 0.717) is 25.0 Å². The van der Waals surface area contributed by atoms with E-state index >= 15 is 0 Å². The number of aliphatic hydroxyl groups is 1. The highest BCUT2D eigenvalue weighted by molar-refractivity contribution is 7.89. The molecule has 0 heterocycles. The van der Waals surface area contributed by atoms with Crippen LogP contribution >= 0.6 is 0 Å². The van der Waals surface area contributed by atoms with Crippen molar-refractivity contribution in [3.05, 3.63) is 29.6 Å². The third-order valence-corrected chi connectivity index (χ3v) is 4.41. The molecule has 0 fully saturated rings. The molecule has 1 aromatic carbocycles. The van der Waals surface area contributed by atoms with Crippen molar-refractivity contribution >= 4 is 10.0 Å². The van der Waals surface area contributed by atoms with Crippen molar-refractivity contribution in [1.82, 2.24) is 4.72 Å². The van der Waals surface area contributed by atoms with Crippen molar-refractivity contribution in [2.45, 2.75) is 24.7 Å². The van der Waals surface area contributed by atoms with Crippen LogP contribution in [0.3, 0.4) is 0 Å². The fraction of sp³-hybridized carbons (Fsp3) is 0.500. The van der Waals surface area contributed by atoms with E-state index in [1.165, 1.54) is 0 Å². The molecule has 1 rings (SSSR count). The Morgan fingerprint density at radius 2 is 1.90 bits per heavy atom. The Morgan fingerprint density at radius 3 is 2.45 bits per heavy atom. The summed E-state index contributed by atoms with van der Waals surface area (Å²) in [5, 5.41) is 8.80. The van der Waals surface area contributed by atoms with E-state index in [1.807, 2.05) is 6.92 Å². The van der Waals surface area contributed by atoms with Crippen LogP contribution in [-0.2, 0) is 10.0 Å². The van der Waals surface area contributed by atoms with Crippen molar-refractivity contribution < 1.29 is 26.7 Å². The molecule has 0 aliphatic heterocycles. The number of hydrogen-bond acceptors (Lipinski definition) is 3. The van der Waals surface area contributed by atoms with Gasteiger partial charge in [0.15, 0.2) is 17.5 Å². The summed E-state index contributed by atoms with van der Waals surface area (Å²) in [6, 6.07) is 1.22. The van der Waals surface area contributed by atoms with E-state index in [9.17, 15) is 21.6 Å². The summed E-state index contributed by atoms with van der Waals surface area (Å²) in [7, 11) is -4.27. The fourth-order valence-electron chi connectivity index (χ4n) is 1.65. The molecule has 1 unspecified atom stereocenters. The van der Waals surface area contributed by atoms with Gasteiger partial charge in [-0.1, -0.05) is 13.3 Å². The van der Waals surface area contributed by atoms with Gasteiger partial charge in [0.2, 0.25) is 10.0 Å². The average molecular weight is 311 g/mol. The molecule has 0 bridgehead atoms. The first-order valence-electron chi connectivity index (χ1n) is 6.07. The lowest BCUT2D eigenvalue weighted by atomic mass is 10.0. The maximum Gasteiger partial charge on any atom is 0.243 e.